The molecule has 30 heavy (non-hydrogen) atoms. The SMILES string of the molecule is c1c[nH]c(N2C(c3ccn[nH]3)=C(c3ncc[nH]3)N(c3ccco3)N2c2cccs2)c1. The van der Waals surface area contributed by atoms with Crippen LogP contribution in [0.3, 0.4) is 0 Å². The zero-order valence-corrected chi connectivity index (χ0v) is 16.4. The number of H-pyrrole nitrogens is 3. The first-order valence-electron chi connectivity index (χ1n) is 9.26. The summed E-state index contributed by atoms with van der Waals surface area (Å²) in [7, 11) is 0. The monoisotopic (exact) mass is 416 g/mol. The fourth-order valence-electron chi connectivity index (χ4n) is 3.57. The summed E-state index contributed by atoms with van der Waals surface area (Å²) in [6.07, 6.45) is 8.84. The third-order valence-electron chi connectivity index (χ3n) is 4.73. The molecular formula is C20H16N8OS. The van der Waals surface area contributed by atoms with Gasteiger partial charge in [0.1, 0.15) is 22.2 Å². The maximum atomic E-state index is 5.86. The summed E-state index contributed by atoms with van der Waals surface area (Å²) in [4.78, 5) is 11.1. The van der Waals surface area contributed by atoms with Gasteiger partial charge in [0.25, 0.3) is 0 Å². The van der Waals surface area contributed by atoms with Crippen molar-refractivity contribution in [3.63, 3.8) is 0 Å². The van der Waals surface area contributed by atoms with Gasteiger partial charge in [-0.25, -0.2) is 9.99 Å². The Morgan fingerprint density at radius 2 is 1.90 bits per heavy atom. The quantitative estimate of drug-likeness (QED) is 0.395. The van der Waals surface area contributed by atoms with Gasteiger partial charge in [0.2, 0.25) is 5.88 Å². The molecule has 0 spiro atoms. The van der Waals surface area contributed by atoms with Gasteiger partial charge in [0.15, 0.2) is 5.82 Å². The molecule has 0 saturated heterocycles. The smallest absolute Gasteiger partial charge is 0.220 e. The molecule has 3 N–H and O–H groups in total. The lowest BCUT2D eigenvalue weighted by atomic mass is 10.2. The number of thiophene rings is 1. The number of furan rings is 1. The van der Waals surface area contributed by atoms with Crippen molar-refractivity contribution in [1.82, 2.24) is 25.1 Å². The van der Waals surface area contributed by atoms with E-state index in [2.05, 4.69) is 41.3 Å². The number of aromatic amines is 3. The molecule has 5 aromatic heterocycles. The van der Waals surface area contributed by atoms with Crippen molar-refractivity contribution in [2.24, 2.45) is 0 Å². The van der Waals surface area contributed by atoms with Crippen LogP contribution in [0.4, 0.5) is 16.7 Å². The minimum Gasteiger partial charge on any atom is -0.447 e. The fourth-order valence-corrected chi connectivity index (χ4v) is 4.28. The molecule has 5 aromatic rings. The minimum atomic E-state index is 0.654. The molecule has 0 unspecified atom stereocenters. The lowest BCUT2D eigenvalue weighted by Gasteiger charge is -2.35. The van der Waals surface area contributed by atoms with Gasteiger partial charge in [0, 0.05) is 30.9 Å². The highest BCUT2D eigenvalue weighted by Gasteiger charge is 2.44. The molecule has 6 rings (SSSR count). The van der Waals surface area contributed by atoms with Crippen LogP contribution in [0.5, 0.6) is 0 Å². The van der Waals surface area contributed by atoms with Gasteiger partial charge in [0.05, 0.1) is 12.0 Å². The first-order chi connectivity index (χ1) is 14.9. The van der Waals surface area contributed by atoms with E-state index in [1.54, 1.807) is 36.2 Å². The Balaban J connectivity index is 1.69. The summed E-state index contributed by atoms with van der Waals surface area (Å²) >= 11 is 1.62. The van der Waals surface area contributed by atoms with E-state index in [0.29, 0.717) is 11.7 Å². The Labute approximate surface area is 174 Å². The summed E-state index contributed by atoms with van der Waals surface area (Å²) in [6.45, 7) is 0. The van der Waals surface area contributed by atoms with E-state index in [1.807, 2.05) is 53.0 Å². The lowest BCUT2D eigenvalue weighted by Crippen LogP contribution is -2.46. The summed E-state index contributed by atoms with van der Waals surface area (Å²) in [5, 5.41) is 16.5. The Hall–Kier alpha value is -4.18. The van der Waals surface area contributed by atoms with Crippen molar-refractivity contribution in [3.8, 4) is 0 Å². The van der Waals surface area contributed by atoms with Crippen LogP contribution in [-0.2, 0) is 0 Å². The van der Waals surface area contributed by atoms with E-state index in [0.717, 1.165) is 27.9 Å². The van der Waals surface area contributed by atoms with E-state index < -0.39 is 0 Å². The van der Waals surface area contributed by atoms with Crippen LogP contribution in [0.25, 0.3) is 11.4 Å². The van der Waals surface area contributed by atoms with Gasteiger partial charge < -0.3 is 14.4 Å². The van der Waals surface area contributed by atoms with Crippen molar-refractivity contribution < 1.29 is 4.42 Å². The average molecular weight is 416 g/mol. The van der Waals surface area contributed by atoms with Gasteiger partial charge in [-0.05, 0) is 41.8 Å². The molecular weight excluding hydrogens is 400 g/mol. The Morgan fingerprint density at radius 3 is 2.57 bits per heavy atom. The molecule has 0 aliphatic carbocycles. The number of hydrogen-bond donors (Lipinski definition) is 3. The highest BCUT2D eigenvalue weighted by molar-refractivity contribution is 7.14. The van der Waals surface area contributed by atoms with Crippen molar-refractivity contribution in [3.05, 3.63) is 90.4 Å². The van der Waals surface area contributed by atoms with Crippen molar-refractivity contribution in [2.45, 2.75) is 0 Å². The largest absolute Gasteiger partial charge is 0.447 e. The average Bonchev–Trinajstić information content (AvgIpc) is 3.61. The van der Waals surface area contributed by atoms with Crippen LogP contribution >= 0.6 is 11.3 Å². The number of hydrazine groups is 2. The molecule has 0 fully saturated rings. The van der Waals surface area contributed by atoms with Crippen molar-refractivity contribution in [1.29, 1.82) is 0 Å². The predicted octanol–water partition coefficient (Wildman–Crippen LogP) is 4.30. The van der Waals surface area contributed by atoms with E-state index >= 15 is 0 Å². The van der Waals surface area contributed by atoms with Crippen LogP contribution < -0.4 is 15.1 Å². The number of hydrogen-bond acceptors (Lipinski definition) is 7. The standard InChI is InChI=1S/C20H16N8OS/c1-4-15(21-8-1)26-18(14-7-9-24-25-14)19(20-22-10-11-23-20)27(16-5-2-12-29-16)28(26)17-6-3-13-30-17/h1-13,21H,(H,22,23)(H,24,25). The van der Waals surface area contributed by atoms with Crippen molar-refractivity contribution in [2.75, 3.05) is 15.1 Å². The fraction of sp³-hybridized carbons (Fsp3) is 0. The van der Waals surface area contributed by atoms with Crippen LogP contribution in [0, 0.1) is 0 Å². The molecule has 0 bridgehead atoms. The van der Waals surface area contributed by atoms with E-state index in [4.69, 9.17) is 4.42 Å². The molecule has 148 valence electrons. The van der Waals surface area contributed by atoms with Gasteiger partial charge >= 0.3 is 0 Å². The van der Waals surface area contributed by atoms with Gasteiger partial charge in [-0.1, -0.05) is 0 Å². The summed E-state index contributed by atoms with van der Waals surface area (Å²) < 4.78 is 5.86. The number of anilines is 3. The summed E-state index contributed by atoms with van der Waals surface area (Å²) in [5.74, 6) is 2.23. The molecule has 0 saturated carbocycles. The number of imidazole rings is 1. The second-order valence-electron chi connectivity index (χ2n) is 6.48. The first-order valence-corrected chi connectivity index (χ1v) is 10.1. The Bertz CT molecular complexity index is 1160. The first kappa shape index (κ1) is 16.7. The zero-order valence-electron chi connectivity index (χ0n) is 15.6. The Morgan fingerprint density at radius 1 is 0.900 bits per heavy atom. The summed E-state index contributed by atoms with van der Waals surface area (Å²) in [5.41, 5.74) is 2.53. The van der Waals surface area contributed by atoms with Crippen LogP contribution in [0.2, 0.25) is 0 Å². The van der Waals surface area contributed by atoms with Gasteiger partial charge in [-0.2, -0.15) is 15.2 Å². The molecule has 10 heteroatoms. The third-order valence-corrected chi connectivity index (χ3v) is 5.57. The number of nitrogens with zero attached hydrogens (tertiary/aromatic N) is 5. The van der Waals surface area contributed by atoms with Crippen LogP contribution in [0.15, 0.2) is 83.3 Å². The number of nitrogens with one attached hydrogen (secondary N) is 3. The predicted molar refractivity (Wildman–Crippen MR) is 115 cm³/mol. The molecule has 0 atom stereocenters. The molecule has 0 amide bonds. The molecule has 1 aliphatic heterocycles. The van der Waals surface area contributed by atoms with Gasteiger partial charge in [-0.15, -0.1) is 11.3 Å². The molecule has 0 aromatic carbocycles. The van der Waals surface area contributed by atoms with Crippen LogP contribution in [-0.4, -0.2) is 25.1 Å². The molecule has 0 radical (unpaired) electrons. The Kier molecular flexibility index (Phi) is 3.74. The van der Waals surface area contributed by atoms with E-state index in [-0.39, 0.29) is 0 Å². The zero-order chi connectivity index (χ0) is 19.9. The minimum absolute atomic E-state index is 0.654. The van der Waals surface area contributed by atoms with E-state index in [1.165, 1.54) is 0 Å². The van der Waals surface area contributed by atoms with Gasteiger partial charge in [-0.3, -0.25) is 5.10 Å². The third kappa shape index (κ3) is 2.47. The van der Waals surface area contributed by atoms with E-state index in [9.17, 15) is 0 Å². The highest BCUT2D eigenvalue weighted by Crippen LogP contribution is 2.46. The number of rotatable bonds is 5. The van der Waals surface area contributed by atoms with Crippen LogP contribution in [0.1, 0.15) is 11.5 Å². The highest BCUT2D eigenvalue weighted by atomic mass is 32.1. The molecule has 1 aliphatic rings. The second kappa shape index (κ2) is 6.71. The number of aromatic nitrogens is 5. The topological polar surface area (TPSA) is 96.0 Å². The normalized spacial score (nSPS) is 14.3. The lowest BCUT2D eigenvalue weighted by molar-refractivity contribution is 0.560. The maximum Gasteiger partial charge on any atom is 0.220 e. The second-order valence-corrected chi connectivity index (χ2v) is 7.40. The van der Waals surface area contributed by atoms with Crippen molar-refractivity contribution >= 4 is 39.4 Å². The maximum absolute atomic E-state index is 5.86. The molecule has 9 nitrogen and oxygen atoms in total. The molecule has 6 heterocycles. The summed E-state index contributed by atoms with van der Waals surface area (Å²) in [6, 6.07) is 13.8.